The maximum atomic E-state index is 11.6. The van der Waals surface area contributed by atoms with Gasteiger partial charge in [-0.1, -0.05) is 0 Å². The van der Waals surface area contributed by atoms with E-state index in [0.29, 0.717) is 30.0 Å². The maximum absolute atomic E-state index is 11.6. The molecule has 0 unspecified atom stereocenters. The molecule has 3 rings (SSSR count). The molecule has 1 aliphatic rings. The second-order valence-electron chi connectivity index (χ2n) is 5.36. The van der Waals surface area contributed by atoms with Crippen LogP contribution in [0.15, 0.2) is 18.5 Å². The number of carbonyl (C=O) groups is 2. The van der Waals surface area contributed by atoms with Crippen molar-refractivity contribution in [1.29, 1.82) is 0 Å². The summed E-state index contributed by atoms with van der Waals surface area (Å²) in [6, 6.07) is 1.75. The van der Waals surface area contributed by atoms with Crippen LogP contribution in [0.1, 0.15) is 23.2 Å². The number of likely N-dealkylation sites (tertiary alicyclic amines) is 1. The summed E-state index contributed by atoms with van der Waals surface area (Å²) in [6.45, 7) is 0.911. The largest absolute Gasteiger partial charge is 0.465 e. The van der Waals surface area contributed by atoms with E-state index < -0.39 is 12.0 Å². The average Bonchev–Trinajstić information content (AvgIpc) is 2.96. The number of fused-ring (bicyclic) bond motifs is 1. The Morgan fingerprint density at radius 3 is 3.05 bits per heavy atom. The van der Waals surface area contributed by atoms with Crippen LogP contribution in [0, 0.1) is 0 Å². The lowest BCUT2D eigenvalue weighted by atomic mass is 10.0. The van der Waals surface area contributed by atoms with Gasteiger partial charge in [-0.3, -0.25) is 4.79 Å². The number of aromatic nitrogens is 2. The van der Waals surface area contributed by atoms with Crippen LogP contribution in [0.4, 0.5) is 10.5 Å². The lowest BCUT2D eigenvalue weighted by Gasteiger charge is -2.32. The van der Waals surface area contributed by atoms with Crippen molar-refractivity contribution in [3.63, 3.8) is 0 Å². The van der Waals surface area contributed by atoms with Gasteiger partial charge in [0.1, 0.15) is 5.65 Å². The Bertz CT molecular complexity index is 726. The van der Waals surface area contributed by atoms with E-state index >= 15 is 0 Å². The quantitative estimate of drug-likeness (QED) is 0.678. The molecule has 2 aromatic rings. The molecule has 1 saturated heterocycles. The Hall–Kier alpha value is -2.77. The number of carboxylic acid groups (broad SMARTS) is 1. The van der Waals surface area contributed by atoms with E-state index in [9.17, 15) is 9.59 Å². The van der Waals surface area contributed by atoms with Gasteiger partial charge in [0.05, 0.1) is 11.3 Å². The molecule has 8 heteroatoms. The summed E-state index contributed by atoms with van der Waals surface area (Å²) in [6.07, 6.45) is 3.84. The average molecular weight is 303 g/mol. The first kappa shape index (κ1) is 14.2. The fourth-order valence-electron chi connectivity index (χ4n) is 2.82. The predicted molar refractivity (Wildman–Crippen MR) is 80.9 cm³/mol. The maximum Gasteiger partial charge on any atom is 0.407 e. The van der Waals surface area contributed by atoms with Crippen molar-refractivity contribution < 1.29 is 14.7 Å². The van der Waals surface area contributed by atoms with Gasteiger partial charge in [-0.05, 0) is 18.9 Å². The first-order chi connectivity index (χ1) is 10.6. The molecule has 1 fully saturated rings. The fourth-order valence-corrected chi connectivity index (χ4v) is 2.82. The van der Waals surface area contributed by atoms with Gasteiger partial charge in [-0.15, -0.1) is 0 Å². The van der Waals surface area contributed by atoms with E-state index in [2.05, 4.69) is 15.3 Å². The molecule has 0 aromatic carbocycles. The van der Waals surface area contributed by atoms with Gasteiger partial charge in [-0.2, -0.15) is 0 Å². The molecule has 1 aliphatic heterocycles. The van der Waals surface area contributed by atoms with Crippen molar-refractivity contribution in [3.05, 3.63) is 24.0 Å². The van der Waals surface area contributed by atoms with Gasteiger partial charge >= 0.3 is 6.09 Å². The number of nitrogens with zero attached hydrogens (tertiary/aromatic N) is 2. The third kappa shape index (κ3) is 2.54. The number of pyridine rings is 1. The lowest BCUT2D eigenvalue weighted by molar-refractivity contribution is 0.1000. The number of nitrogens with two attached hydrogens (primary N) is 1. The highest BCUT2D eigenvalue weighted by molar-refractivity contribution is 6.05. The van der Waals surface area contributed by atoms with Gasteiger partial charge in [-0.25, -0.2) is 9.78 Å². The van der Waals surface area contributed by atoms with Crippen LogP contribution in [0.3, 0.4) is 0 Å². The predicted octanol–water partition coefficient (Wildman–Crippen LogP) is 1.22. The molecule has 0 bridgehead atoms. The summed E-state index contributed by atoms with van der Waals surface area (Å²) < 4.78 is 0. The number of piperidine rings is 1. The highest BCUT2D eigenvalue weighted by atomic mass is 16.4. The smallest absolute Gasteiger partial charge is 0.407 e. The Morgan fingerprint density at radius 2 is 2.32 bits per heavy atom. The number of primary amides is 1. The normalized spacial score (nSPS) is 18.4. The highest BCUT2D eigenvalue weighted by Crippen LogP contribution is 2.27. The minimum atomic E-state index is -0.928. The number of amides is 2. The molecule has 1 atom stereocenters. The van der Waals surface area contributed by atoms with Crippen molar-refractivity contribution in [2.24, 2.45) is 5.73 Å². The minimum Gasteiger partial charge on any atom is -0.465 e. The summed E-state index contributed by atoms with van der Waals surface area (Å²) in [5.41, 5.74) is 6.99. The number of anilines is 1. The first-order valence-electron chi connectivity index (χ1n) is 7.06. The molecular weight excluding hydrogens is 286 g/mol. The van der Waals surface area contributed by atoms with Crippen LogP contribution >= 0.6 is 0 Å². The van der Waals surface area contributed by atoms with Crippen molar-refractivity contribution >= 4 is 28.7 Å². The molecule has 3 heterocycles. The topological polar surface area (TPSA) is 124 Å². The zero-order valence-corrected chi connectivity index (χ0v) is 11.9. The molecule has 0 aliphatic carbocycles. The second kappa shape index (κ2) is 5.55. The van der Waals surface area contributed by atoms with Crippen molar-refractivity contribution in [1.82, 2.24) is 14.9 Å². The number of nitrogens with one attached hydrogen (secondary N) is 2. The lowest BCUT2D eigenvalue weighted by Crippen LogP contribution is -2.44. The Labute approximate surface area is 126 Å². The molecule has 116 valence electrons. The third-order valence-corrected chi connectivity index (χ3v) is 3.89. The van der Waals surface area contributed by atoms with Crippen LogP contribution in [0.5, 0.6) is 0 Å². The van der Waals surface area contributed by atoms with E-state index in [1.54, 1.807) is 6.20 Å². The van der Waals surface area contributed by atoms with Crippen LogP contribution in [-0.2, 0) is 0 Å². The molecule has 8 nitrogen and oxygen atoms in total. The number of rotatable bonds is 3. The van der Waals surface area contributed by atoms with E-state index in [1.807, 2.05) is 6.07 Å². The van der Waals surface area contributed by atoms with Gasteiger partial charge < -0.3 is 26.0 Å². The number of H-pyrrole nitrogens is 1. The summed E-state index contributed by atoms with van der Waals surface area (Å²) in [7, 11) is 0. The van der Waals surface area contributed by atoms with Gasteiger partial charge in [0.15, 0.2) is 0 Å². The number of hydrogen-bond donors (Lipinski definition) is 4. The third-order valence-electron chi connectivity index (χ3n) is 3.89. The van der Waals surface area contributed by atoms with E-state index in [4.69, 9.17) is 10.8 Å². The van der Waals surface area contributed by atoms with Crippen LogP contribution < -0.4 is 11.1 Å². The fraction of sp³-hybridized carbons (Fsp3) is 0.357. The molecule has 22 heavy (non-hydrogen) atoms. The Kier molecular flexibility index (Phi) is 3.58. The van der Waals surface area contributed by atoms with Crippen LogP contribution in [-0.4, -0.2) is 51.1 Å². The second-order valence-corrected chi connectivity index (χ2v) is 5.36. The minimum absolute atomic E-state index is 0.0663. The zero-order valence-electron chi connectivity index (χ0n) is 11.9. The van der Waals surface area contributed by atoms with E-state index in [0.717, 1.165) is 18.2 Å². The first-order valence-corrected chi connectivity index (χ1v) is 7.06. The van der Waals surface area contributed by atoms with Crippen molar-refractivity contribution in [3.8, 4) is 0 Å². The molecule has 2 aromatic heterocycles. The molecule has 0 radical (unpaired) electrons. The van der Waals surface area contributed by atoms with Gasteiger partial charge in [0.2, 0.25) is 0 Å². The highest BCUT2D eigenvalue weighted by Gasteiger charge is 2.25. The Morgan fingerprint density at radius 1 is 1.50 bits per heavy atom. The van der Waals surface area contributed by atoms with Crippen molar-refractivity contribution in [2.45, 2.75) is 18.9 Å². The number of hydrogen-bond acceptors (Lipinski definition) is 4. The SMILES string of the molecule is NC(=O)c1cnc2[nH]ccc2c1N[C@@H]1CCCN(C(=O)O)C1. The number of carbonyl (C=O) groups excluding carboxylic acids is 1. The monoisotopic (exact) mass is 303 g/mol. The molecule has 5 N–H and O–H groups in total. The van der Waals surface area contributed by atoms with Gasteiger partial charge in [0.25, 0.3) is 5.91 Å². The molecule has 2 amide bonds. The Balaban J connectivity index is 1.92. The molecule has 0 saturated carbocycles. The summed E-state index contributed by atoms with van der Waals surface area (Å²) in [4.78, 5) is 31.3. The summed E-state index contributed by atoms with van der Waals surface area (Å²) in [5.74, 6) is -0.566. The zero-order chi connectivity index (χ0) is 15.7. The van der Waals surface area contributed by atoms with Crippen LogP contribution in [0.25, 0.3) is 11.0 Å². The van der Waals surface area contributed by atoms with E-state index in [-0.39, 0.29) is 6.04 Å². The van der Waals surface area contributed by atoms with Gasteiger partial charge in [0, 0.05) is 36.9 Å². The molecule has 0 spiro atoms. The summed E-state index contributed by atoms with van der Waals surface area (Å²) >= 11 is 0. The van der Waals surface area contributed by atoms with Crippen molar-refractivity contribution in [2.75, 3.05) is 18.4 Å². The molecular formula is C14H17N5O3. The van der Waals surface area contributed by atoms with E-state index in [1.165, 1.54) is 11.1 Å². The number of aromatic amines is 1. The van der Waals surface area contributed by atoms with Crippen LogP contribution in [0.2, 0.25) is 0 Å². The standard InChI is InChI=1S/C14H17N5O3/c15-12(20)10-6-17-13-9(3-4-16-13)11(10)18-8-2-1-5-19(7-8)14(21)22/h3-4,6,8H,1-2,5,7H2,(H2,15,20)(H,21,22)(H2,16,17,18)/t8-/m1/s1. The summed E-state index contributed by atoms with van der Waals surface area (Å²) in [5, 5.41) is 13.2.